The highest BCUT2D eigenvalue weighted by molar-refractivity contribution is 5.74. The van der Waals surface area contributed by atoms with Crippen molar-refractivity contribution in [1.82, 2.24) is 4.90 Å². The van der Waals surface area contributed by atoms with Gasteiger partial charge in [0, 0.05) is 12.6 Å². The van der Waals surface area contributed by atoms with Crippen molar-refractivity contribution in [3.63, 3.8) is 0 Å². The van der Waals surface area contributed by atoms with Crippen molar-refractivity contribution in [2.24, 2.45) is 23.2 Å². The Morgan fingerprint density at radius 2 is 2.00 bits per heavy atom. The number of fused-ring (bicyclic) bond motifs is 1. The summed E-state index contributed by atoms with van der Waals surface area (Å²) in [4.78, 5) is 14.2. The average Bonchev–Trinajstić information content (AvgIpc) is 2.86. The van der Waals surface area contributed by atoms with Crippen molar-refractivity contribution in [3.8, 4) is 0 Å². The zero-order valence-corrected chi connectivity index (χ0v) is 13.1. The summed E-state index contributed by atoms with van der Waals surface area (Å²) in [5, 5.41) is 9.71. The van der Waals surface area contributed by atoms with Crippen molar-refractivity contribution in [1.29, 1.82) is 0 Å². The Morgan fingerprint density at radius 1 is 1.25 bits per heavy atom. The number of likely N-dealkylation sites (tertiary alicyclic amines) is 1. The molecule has 0 spiro atoms. The third-order valence-electron chi connectivity index (χ3n) is 6.25. The van der Waals surface area contributed by atoms with Crippen molar-refractivity contribution in [3.05, 3.63) is 0 Å². The molecule has 3 nitrogen and oxygen atoms in total. The van der Waals surface area contributed by atoms with E-state index in [1.54, 1.807) is 0 Å². The highest BCUT2D eigenvalue weighted by atomic mass is 16.4. The summed E-state index contributed by atoms with van der Waals surface area (Å²) in [6, 6.07) is 0.297. The summed E-state index contributed by atoms with van der Waals surface area (Å²) in [6.07, 6.45) is 7.26. The van der Waals surface area contributed by atoms with Gasteiger partial charge in [0.2, 0.25) is 0 Å². The lowest BCUT2D eigenvalue weighted by atomic mass is 9.70. The fourth-order valence-corrected chi connectivity index (χ4v) is 5.43. The van der Waals surface area contributed by atoms with E-state index in [2.05, 4.69) is 25.7 Å². The first-order chi connectivity index (χ1) is 9.39. The Kier molecular flexibility index (Phi) is 3.60. The lowest BCUT2D eigenvalue weighted by molar-refractivity contribution is -0.145. The van der Waals surface area contributed by atoms with E-state index in [9.17, 15) is 9.90 Å². The van der Waals surface area contributed by atoms with Crippen LogP contribution in [-0.2, 0) is 4.79 Å². The van der Waals surface area contributed by atoms with Gasteiger partial charge in [-0.3, -0.25) is 9.69 Å². The fourth-order valence-electron chi connectivity index (χ4n) is 5.43. The Bertz CT molecular complexity index is 392. The van der Waals surface area contributed by atoms with Gasteiger partial charge in [0.15, 0.2) is 0 Å². The molecule has 3 fully saturated rings. The summed E-state index contributed by atoms with van der Waals surface area (Å²) in [7, 11) is 0. The smallest absolute Gasteiger partial charge is 0.321 e. The minimum absolute atomic E-state index is 0.198. The van der Waals surface area contributed by atoms with E-state index in [4.69, 9.17) is 0 Å². The highest BCUT2D eigenvalue weighted by Crippen LogP contribution is 2.47. The maximum atomic E-state index is 11.8. The number of carbonyl (C=O) groups is 1. The second-order valence-corrected chi connectivity index (χ2v) is 8.29. The Hall–Kier alpha value is -0.570. The average molecular weight is 279 g/mol. The van der Waals surface area contributed by atoms with Crippen LogP contribution in [0.1, 0.15) is 59.3 Å². The second-order valence-electron chi connectivity index (χ2n) is 8.29. The number of nitrogens with zero attached hydrogens (tertiary/aromatic N) is 1. The van der Waals surface area contributed by atoms with Gasteiger partial charge in [-0.05, 0) is 55.3 Å². The Morgan fingerprint density at radius 3 is 2.65 bits per heavy atom. The van der Waals surface area contributed by atoms with Crippen LogP contribution < -0.4 is 0 Å². The topological polar surface area (TPSA) is 40.5 Å². The van der Waals surface area contributed by atoms with Crippen molar-refractivity contribution < 1.29 is 9.90 Å². The van der Waals surface area contributed by atoms with Crippen LogP contribution in [0.4, 0.5) is 0 Å². The summed E-state index contributed by atoms with van der Waals surface area (Å²) in [5.41, 5.74) is 0.435. The molecule has 5 atom stereocenters. The van der Waals surface area contributed by atoms with E-state index in [1.807, 2.05) is 0 Å². The molecule has 0 bridgehead atoms. The monoisotopic (exact) mass is 279 g/mol. The van der Waals surface area contributed by atoms with Gasteiger partial charge in [0.1, 0.15) is 6.04 Å². The van der Waals surface area contributed by atoms with Gasteiger partial charge in [0.25, 0.3) is 0 Å². The van der Waals surface area contributed by atoms with Crippen molar-refractivity contribution in [2.75, 3.05) is 6.54 Å². The molecule has 20 heavy (non-hydrogen) atoms. The third kappa shape index (κ3) is 2.38. The SMILES string of the molecule is CC1CC(C)(C)CCC1N1CC2CCCC2C1C(=O)O. The number of hydrogen-bond donors (Lipinski definition) is 1. The van der Waals surface area contributed by atoms with Gasteiger partial charge in [-0.2, -0.15) is 0 Å². The maximum Gasteiger partial charge on any atom is 0.321 e. The first-order valence-electron chi connectivity index (χ1n) is 8.37. The molecule has 0 aromatic carbocycles. The predicted molar refractivity (Wildman–Crippen MR) is 79.5 cm³/mol. The molecule has 1 saturated heterocycles. The van der Waals surface area contributed by atoms with Crippen LogP contribution in [0.25, 0.3) is 0 Å². The highest BCUT2D eigenvalue weighted by Gasteiger charge is 2.51. The molecule has 3 rings (SSSR count). The molecule has 3 aliphatic rings. The minimum Gasteiger partial charge on any atom is -0.480 e. The van der Waals surface area contributed by atoms with Gasteiger partial charge in [-0.1, -0.05) is 27.2 Å². The normalized spacial score (nSPS) is 44.5. The quantitative estimate of drug-likeness (QED) is 0.842. The summed E-state index contributed by atoms with van der Waals surface area (Å²) < 4.78 is 0. The number of rotatable bonds is 2. The van der Waals surface area contributed by atoms with Crippen LogP contribution in [0, 0.1) is 23.2 Å². The molecular formula is C17H29NO2. The van der Waals surface area contributed by atoms with Crippen LogP contribution in [-0.4, -0.2) is 34.6 Å². The minimum atomic E-state index is -0.573. The first kappa shape index (κ1) is 14.4. The predicted octanol–water partition coefficient (Wildman–Crippen LogP) is 3.39. The molecule has 0 amide bonds. The summed E-state index contributed by atoms with van der Waals surface area (Å²) >= 11 is 0. The summed E-state index contributed by atoms with van der Waals surface area (Å²) in [5.74, 6) is 1.13. The lowest BCUT2D eigenvalue weighted by Crippen LogP contribution is -2.50. The van der Waals surface area contributed by atoms with Gasteiger partial charge in [0.05, 0.1) is 0 Å². The van der Waals surface area contributed by atoms with E-state index in [0.717, 1.165) is 13.0 Å². The van der Waals surface area contributed by atoms with Crippen LogP contribution in [0.3, 0.4) is 0 Å². The van der Waals surface area contributed by atoms with Gasteiger partial charge in [-0.15, -0.1) is 0 Å². The number of aliphatic carboxylic acids is 1. The standard InChI is InChI=1S/C17H29NO2/c1-11-9-17(2,3)8-7-14(11)18-10-12-5-4-6-13(12)15(18)16(19)20/h11-15H,4-10H2,1-3H3,(H,19,20). The van der Waals surface area contributed by atoms with Crippen LogP contribution in [0.5, 0.6) is 0 Å². The van der Waals surface area contributed by atoms with E-state index in [1.165, 1.54) is 32.1 Å². The molecular weight excluding hydrogens is 250 g/mol. The van der Waals surface area contributed by atoms with E-state index < -0.39 is 5.97 Å². The molecule has 114 valence electrons. The fraction of sp³-hybridized carbons (Fsp3) is 0.941. The van der Waals surface area contributed by atoms with E-state index in [0.29, 0.717) is 29.2 Å². The van der Waals surface area contributed by atoms with Gasteiger partial charge in [-0.25, -0.2) is 0 Å². The molecule has 1 aliphatic heterocycles. The molecule has 3 heteroatoms. The lowest BCUT2D eigenvalue weighted by Gasteiger charge is -2.45. The second kappa shape index (κ2) is 5.01. The third-order valence-corrected chi connectivity index (χ3v) is 6.25. The Balaban J connectivity index is 1.77. The Labute approximate surface area is 122 Å². The molecule has 2 saturated carbocycles. The number of carboxylic acids is 1. The molecule has 2 aliphatic carbocycles. The zero-order valence-electron chi connectivity index (χ0n) is 13.1. The summed E-state index contributed by atoms with van der Waals surface area (Å²) in [6.45, 7) is 8.08. The molecule has 1 heterocycles. The number of carboxylic acid groups (broad SMARTS) is 1. The molecule has 5 unspecified atom stereocenters. The van der Waals surface area contributed by atoms with Crippen LogP contribution >= 0.6 is 0 Å². The van der Waals surface area contributed by atoms with Gasteiger partial charge >= 0.3 is 5.97 Å². The van der Waals surface area contributed by atoms with Crippen LogP contribution in [0.15, 0.2) is 0 Å². The van der Waals surface area contributed by atoms with Crippen molar-refractivity contribution >= 4 is 5.97 Å². The molecule has 1 N–H and O–H groups in total. The van der Waals surface area contributed by atoms with Gasteiger partial charge < -0.3 is 5.11 Å². The van der Waals surface area contributed by atoms with Crippen LogP contribution in [0.2, 0.25) is 0 Å². The molecule has 0 radical (unpaired) electrons. The van der Waals surface area contributed by atoms with E-state index >= 15 is 0 Å². The largest absolute Gasteiger partial charge is 0.480 e. The molecule has 0 aromatic rings. The number of hydrogen-bond acceptors (Lipinski definition) is 2. The molecule has 0 aromatic heterocycles. The maximum absolute atomic E-state index is 11.8. The first-order valence-corrected chi connectivity index (χ1v) is 8.37. The van der Waals surface area contributed by atoms with Crippen molar-refractivity contribution in [2.45, 2.75) is 71.4 Å². The zero-order chi connectivity index (χ0) is 14.5. The van der Waals surface area contributed by atoms with E-state index in [-0.39, 0.29) is 6.04 Å².